The zero-order valence-corrected chi connectivity index (χ0v) is 18.6. The summed E-state index contributed by atoms with van der Waals surface area (Å²) in [5.74, 6) is 6.01. The van der Waals surface area contributed by atoms with Crippen LogP contribution in [0, 0.1) is 4.77 Å². The van der Waals surface area contributed by atoms with Crippen molar-refractivity contribution in [1.82, 2.24) is 30.3 Å². The molecule has 0 saturated heterocycles. The maximum absolute atomic E-state index is 12.7. The van der Waals surface area contributed by atoms with Crippen molar-refractivity contribution >= 4 is 68.1 Å². The van der Waals surface area contributed by atoms with Crippen molar-refractivity contribution < 1.29 is 8.42 Å². The first-order valence-corrected chi connectivity index (χ1v) is 11.2. The molecule has 0 aliphatic carbocycles. The molecule has 0 bridgehead atoms. The van der Waals surface area contributed by atoms with Crippen LogP contribution in [0.3, 0.4) is 0 Å². The summed E-state index contributed by atoms with van der Waals surface area (Å²) in [5, 5.41) is 9.46. The molecule has 32 heavy (non-hydrogen) atoms. The molecule has 0 saturated carbocycles. The molecule has 0 atom stereocenters. The Balaban J connectivity index is 1.39. The molecule has 0 radical (unpaired) electrons. The lowest BCUT2D eigenvalue weighted by molar-refractivity contribution is 0.601. The number of benzene rings is 2. The van der Waals surface area contributed by atoms with E-state index in [0.717, 1.165) is 4.68 Å². The van der Waals surface area contributed by atoms with Crippen molar-refractivity contribution in [2.45, 2.75) is 4.90 Å². The highest BCUT2D eigenvalue weighted by Crippen LogP contribution is 2.18. The first-order chi connectivity index (χ1) is 15.3. The molecule has 2 aromatic heterocycles. The van der Waals surface area contributed by atoms with Crippen LogP contribution in [0.15, 0.2) is 59.6 Å². The molecule has 12 nitrogen and oxygen atoms in total. The number of rotatable bonds is 6. The molecule has 7 N–H and O–H groups in total. The normalized spacial score (nSPS) is 11.1. The van der Waals surface area contributed by atoms with Crippen LogP contribution in [0.5, 0.6) is 0 Å². The molecule has 0 aliphatic heterocycles. The number of thiocarbonyl (C=S) groups is 1. The van der Waals surface area contributed by atoms with Gasteiger partial charge in [0.15, 0.2) is 10.9 Å². The molecular formula is C17H16N10O2S3. The lowest BCUT2D eigenvalue weighted by Crippen LogP contribution is -2.35. The van der Waals surface area contributed by atoms with E-state index in [4.69, 9.17) is 30.3 Å². The highest BCUT2D eigenvalue weighted by Gasteiger charge is 2.15. The summed E-state index contributed by atoms with van der Waals surface area (Å²) in [5.41, 5.74) is 7.18. The maximum Gasteiger partial charge on any atom is 0.263 e. The lowest BCUT2D eigenvalue weighted by Gasteiger charge is -2.12. The Morgan fingerprint density at radius 3 is 2.50 bits per heavy atom. The molecule has 2 aromatic carbocycles. The van der Waals surface area contributed by atoms with Gasteiger partial charge in [-0.1, -0.05) is 12.1 Å². The molecule has 15 heteroatoms. The Hall–Kier alpha value is -3.82. The van der Waals surface area contributed by atoms with E-state index in [-0.39, 0.29) is 26.5 Å². The predicted octanol–water partition coefficient (Wildman–Crippen LogP) is 1.71. The van der Waals surface area contributed by atoms with E-state index in [2.05, 4.69) is 41.1 Å². The van der Waals surface area contributed by atoms with Crippen LogP contribution in [-0.4, -0.2) is 38.4 Å². The monoisotopic (exact) mass is 488 g/mol. The van der Waals surface area contributed by atoms with E-state index in [1.807, 2.05) is 6.07 Å². The van der Waals surface area contributed by atoms with Gasteiger partial charge in [-0.3, -0.25) is 20.6 Å². The van der Waals surface area contributed by atoms with E-state index in [0.29, 0.717) is 16.7 Å². The van der Waals surface area contributed by atoms with E-state index in [9.17, 15) is 8.42 Å². The number of nitrogens with two attached hydrogens (primary N) is 1. The second-order valence-electron chi connectivity index (χ2n) is 6.30. The number of para-hydroxylation sites is 2. The second kappa shape index (κ2) is 8.74. The van der Waals surface area contributed by atoms with E-state index < -0.39 is 10.0 Å². The number of sulfonamides is 1. The minimum absolute atomic E-state index is 0.0497. The average molecular weight is 489 g/mol. The number of hydrogen-bond acceptors (Lipinski definition) is 9. The van der Waals surface area contributed by atoms with Crippen LogP contribution in [0.1, 0.15) is 0 Å². The minimum Gasteiger partial charge on any atom is -0.334 e. The number of anilines is 3. The molecule has 0 fully saturated rings. The summed E-state index contributed by atoms with van der Waals surface area (Å²) in [6.45, 7) is 0. The van der Waals surface area contributed by atoms with Gasteiger partial charge in [-0.2, -0.15) is 4.68 Å². The molecular weight excluding hydrogens is 472 g/mol. The van der Waals surface area contributed by atoms with Gasteiger partial charge in [0.2, 0.25) is 4.77 Å². The number of nitrogens with one attached hydrogen (secondary N) is 5. The third kappa shape index (κ3) is 4.74. The smallest absolute Gasteiger partial charge is 0.263 e. The second-order valence-corrected chi connectivity index (χ2v) is 8.78. The van der Waals surface area contributed by atoms with Crippen LogP contribution in [0.4, 0.5) is 17.5 Å². The quantitative estimate of drug-likeness (QED) is 0.133. The Labute approximate surface area is 192 Å². The number of hydrazine groups is 1. The molecule has 2 heterocycles. The lowest BCUT2D eigenvalue weighted by atomic mass is 10.3. The fraction of sp³-hybridized carbons (Fsp3) is 0. The fourth-order valence-electron chi connectivity index (χ4n) is 2.59. The Morgan fingerprint density at radius 2 is 1.81 bits per heavy atom. The van der Waals surface area contributed by atoms with Gasteiger partial charge in [0, 0.05) is 5.69 Å². The van der Waals surface area contributed by atoms with Gasteiger partial charge in [0.1, 0.15) is 0 Å². The molecule has 0 aliphatic rings. The van der Waals surface area contributed by atoms with E-state index in [1.165, 1.54) is 18.3 Å². The summed E-state index contributed by atoms with van der Waals surface area (Å²) in [6.07, 6.45) is 1.37. The largest absolute Gasteiger partial charge is 0.334 e. The van der Waals surface area contributed by atoms with Crippen molar-refractivity contribution in [2.75, 3.05) is 21.3 Å². The minimum atomic E-state index is -3.86. The summed E-state index contributed by atoms with van der Waals surface area (Å²) in [4.78, 5) is 8.53. The third-order valence-corrected chi connectivity index (χ3v) is 5.96. The standard InChI is InChI=1S/C17H16N10O2S3/c18-27-15(23-25-17(27)31)22-24-16(30)20-10-5-7-11(8-6-10)32(28,29)26-14-9-19-12-3-1-2-4-13(12)21-14/h1-9H,18H2,(H,21,26)(H,22,23)(H,25,31)(H2,20,24,30). The van der Waals surface area contributed by atoms with Crippen LogP contribution in [0.2, 0.25) is 0 Å². The van der Waals surface area contributed by atoms with Gasteiger partial charge in [-0.15, -0.1) is 5.10 Å². The van der Waals surface area contributed by atoms with Crippen LogP contribution >= 0.6 is 24.4 Å². The zero-order valence-electron chi connectivity index (χ0n) is 16.1. The van der Waals surface area contributed by atoms with E-state index in [1.54, 1.807) is 30.3 Å². The van der Waals surface area contributed by atoms with Gasteiger partial charge in [-0.25, -0.2) is 18.5 Å². The number of hydrogen-bond donors (Lipinski definition) is 6. The van der Waals surface area contributed by atoms with E-state index >= 15 is 0 Å². The SMILES string of the molecule is Nn1c(NNC(=S)Nc2ccc(S(=O)(=O)Nc3cnc4ccccc4n3)cc2)n[nH]c1=S. The Bertz CT molecular complexity index is 1450. The van der Waals surface area contributed by atoms with Gasteiger partial charge in [0.25, 0.3) is 16.0 Å². The average Bonchev–Trinajstić information content (AvgIpc) is 3.10. The molecule has 0 spiro atoms. The number of aromatic amines is 1. The van der Waals surface area contributed by atoms with Gasteiger partial charge < -0.3 is 11.2 Å². The van der Waals surface area contributed by atoms with Crippen LogP contribution in [0.25, 0.3) is 11.0 Å². The van der Waals surface area contributed by atoms with Crippen molar-refractivity contribution in [3.8, 4) is 0 Å². The molecule has 4 aromatic rings. The number of H-pyrrole nitrogens is 1. The summed E-state index contributed by atoms with van der Waals surface area (Å²) < 4.78 is 29.2. The van der Waals surface area contributed by atoms with Gasteiger partial charge in [0.05, 0.1) is 22.1 Å². The van der Waals surface area contributed by atoms with Gasteiger partial charge >= 0.3 is 0 Å². The van der Waals surface area contributed by atoms with Crippen molar-refractivity contribution in [2.24, 2.45) is 0 Å². The number of fused-ring (bicyclic) bond motifs is 1. The van der Waals surface area contributed by atoms with Crippen LogP contribution < -0.4 is 26.7 Å². The third-order valence-electron chi connectivity index (χ3n) is 4.10. The predicted molar refractivity (Wildman–Crippen MR) is 127 cm³/mol. The van der Waals surface area contributed by atoms with Crippen molar-refractivity contribution in [1.29, 1.82) is 0 Å². The number of aromatic nitrogens is 5. The Morgan fingerprint density at radius 1 is 1.09 bits per heavy atom. The highest BCUT2D eigenvalue weighted by molar-refractivity contribution is 7.92. The maximum atomic E-state index is 12.7. The fourth-order valence-corrected chi connectivity index (χ4v) is 3.88. The first-order valence-electron chi connectivity index (χ1n) is 8.92. The highest BCUT2D eigenvalue weighted by atomic mass is 32.2. The number of nitrogens with zero attached hydrogens (tertiary/aromatic N) is 4. The molecule has 164 valence electrons. The van der Waals surface area contributed by atoms with Crippen LogP contribution in [-0.2, 0) is 10.0 Å². The van der Waals surface area contributed by atoms with Gasteiger partial charge in [-0.05, 0) is 60.8 Å². The van der Waals surface area contributed by atoms with Crippen molar-refractivity contribution in [3.63, 3.8) is 0 Å². The zero-order chi connectivity index (χ0) is 22.7. The molecule has 0 amide bonds. The summed E-state index contributed by atoms with van der Waals surface area (Å²) in [7, 11) is -3.86. The van der Waals surface area contributed by atoms with Crippen molar-refractivity contribution in [3.05, 3.63) is 59.5 Å². The topological polar surface area (TPSA) is 168 Å². The molecule has 0 unspecified atom stereocenters. The summed E-state index contributed by atoms with van der Waals surface area (Å²) >= 11 is 10.1. The molecule has 4 rings (SSSR count). The Kier molecular flexibility index (Phi) is 5.85. The summed E-state index contributed by atoms with van der Waals surface area (Å²) in [6, 6.07) is 13.2. The first kappa shape index (κ1) is 21.4. The number of nitrogen functional groups attached to an aromatic ring is 1.